The minimum atomic E-state index is -0.346. The highest BCUT2D eigenvalue weighted by molar-refractivity contribution is 5.89. The fourth-order valence-electron chi connectivity index (χ4n) is 1.57. The number of anilines is 1. The van der Waals surface area contributed by atoms with Crippen LogP contribution in [-0.2, 0) is 11.3 Å². The lowest BCUT2D eigenvalue weighted by Crippen LogP contribution is -2.27. The van der Waals surface area contributed by atoms with Crippen molar-refractivity contribution in [2.75, 3.05) is 12.4 Å². The molecular formula is C13H13N3O3. The van der Waals surface area contributed by atoms with Crippen LogP contribution < -0.4 is 15.6 Å². The molecule has 1 amide bonds. The maximum Gasteiger partial charge on any atom is 0.293 e. The minimum absolute atomic E-state index is 0.0907. The number of nitrogens with one attached hydrogen (secondary N) is 1. The van der Waals surface area contributed by atoms with E-state index in [2.05, 4.69) is 10.3 Å². The number of aromatic nitrogens is 2. The van der Waals surface area contributed by atoms with E-state index in [1.165, 1.54) is 17.9 Å². The van der Waals surface area contributed by atoms with Gasteiger partial charge in [0.15, 0.2) is 5.75 Å². The number of ether oxygens (including phenoxy) is 1. The number of carbonyl (C=O) groups is 1. The Balaban J connectivity index is 2.10. The van der Waals surface area contributed by atoms with Gasteiger partial charge in [-0.25, -0.2) is 4.98 Å². The zero-order valence-corrected chi connectivity index (χ0v) is 10.4. The van der Waals surface area contributed by atoms with Crippen molar-refractivity contribution in [3.63, 3.8) is 0 Å². The number of hydrogen-bond acceptors (Lipinski definition) is 4. The van der Waals surface area contributed by atoms with Crippen LogP contribution >= 0.6 is 0 Å². The third-order valence-electron chi connectivity index (χ3n) is 2.45. The highest BCUT2D eigenvalue weighted by atomic mass is 16.5. The van der Waals surface area contributed by atoms with Crippen molar-refractivity contribution in [1.82, 2.24) is 9.55 Å². The van der Waals surface area contributed by atoms with Crippen LogP contribution in [0.5, 0.6) is 5.75 Å². The Morgan fingerprint density at radius 2 is 2.21 bits per heavy atom. The van der Waals surface area contributed by atoms with Gasteiger partial charge in [-0.1, -0.05) is 6.07 Å². The van der Waals surface area contributed by atoms with E-state index in [0.29, 0.717) is 5.82 Å². The third-order valence-corrected chi connectivity index (χ3v) is 2.45. The van der Waals surface area contributed by atoms with E-state index in [-0.39, 0.29) is 23.8 Å². The van der Waals surface area contributed by atoms with Crippen LogP contribution in [0, 0.1) is 0 Å². The van der Waals surface area contributed by atoms with Crippen LogP contribution in [0.25, 0.3) is 0 Å². The van der Waals surface area contributed by atoms with Crippen molar-refractivity contribution in [1.29, 1.82) is 0 Å². The van der Waals surface area contributed by atoms with Crippen LogP contribution in [0.3, 0.4) is 0 Å². The van der Waals surface area contributed by atoms with Crippen molar-refractivity contribution >= 4 is 11.7 Å². The molecule has 98 valence electrons. The number of hydrogen-bond donors (Lipinski definition) is 1. The van der Waals surface area contributed by atoms with E-state index in [0.717, 1.165) is 0 Å². The van der Waals surface area contributed by atoms with Gasteiger partial charge in [-0.3, -0.25) is 9.59 Å². The predicted octanol–water partition coefficient (Wildman–Crippen LogP) is 0.891. The molecule has 19 heavy (non-hydrogen) atoms. The fraction of sp³-hybridized carbons (Fsp3) is 0.154. The Labute approximate surface area is 109 Å². The summed E-state index contributed by atoms with van der Waals surface area (Å²) in [4.78, 5) is 27.6. The summed E-state index contributed by atoms with van der Waals surface area (Å²) in [5.74, 6) is 0.325. The van der Waals surface area contributed by atoms with Crippen LogP contribution in [0.2, 0.25) is 0 Å². The van der Waals surface area contributed by atoms with Crippen molar-refractivity contribution in [2.24, 2.45) is 0 Å². The van der Waals surface area contributed by atoms with Gasteiger partial charge in [0.25, 0.3) is 5.56 Å². The first kappa shape index (κ1) is 12.8. The zero-order chi connectivity index (χ0) is 13.7. The average Bonchev–Trinajstić information content (AvgIpc) is 2.42. The molecule has 0 aliphatic carbocycles. The Bertz CT molecular complexity index is 623. The minimum Gasteiger partial charge on any atom is -0.491 e. The lowest BCUT2D eigenvalue weighted by Gasteiger charge is -2.07. The predicted molar refractivity (Wildman–Crippen MR) is 70.1 cm³/mol. The molecule has 0 radical (unpaired) electrons. The first-order chi connectivity index (χ1) is 9.20. The molecule has 2 aromatic rings. The molecular weight excluding hydrogens is 246 g/mol. The first-order valence-electron chi connectivity index (χ1n) is 5.65. The zero-order valence-electron chi connectivity index (χ0n) is 10.4. The van der Waals surface area contributed by atoms with Crippen LogP contribution in [-0.4, -0.2) is 22.6 Å². The Kier molecular flexibility index (Phi) is 3.92. The van der Waals surface area contributed by atoms with Gasteiger partial charge < -0.3 is 14.6 Å². The molecule has 0 bridgehead atoms. The van der Waals surface area contributed by atoms with Crippen LogP contribution in [0.1, 0.15) is 0 Å². The summed E-state index contributed by atoms with van der Waals surface area (Å²) >= 11 is 0. The lowest BCUT2D eigenvalue weighted by molar-refractivity contribution is -0.116. The number of carbonyl (C=O) groups excluding carboxylic acids is 1. The number of amides is 1. The summed E-state index contributed by atoms with van der Waals surface area (Å²) < 4.78 is 6.18. The molecule has 0 aliphatic heterocycles. The molecule has 0 aromatic carbocycles. The van der Waals surface area contributed by atoms with E-state index >= 15 is 0 Å². The normalized spacial score (nSPS) is 9.95. The van der Waals surface area contributed by atoms with E-state index in [1.807, 2.05) is 0 Å². The largest absolute Gasteiger partial charge is 0.491 e. The van der Waals surface area contributed by atoms with Gasteiger partial charge in [0, 0.05) is 12.4 Å². The summed E-state index contributed by atoms with van der Waals surface area (Å²) in [6, 6.07) is 8.39. The number of pyridine rings is 2. The quantitative estimate of drug-likeness (QED) is 0.885. The second-order valence-electron chi connectivity index (χ2n) is 3.77. The van der Waals surface area contributed by atoms with Gasteiger partial charge in [-0.2, -0.15) is 0 Å². The molecule has 0 fully saturated rings. The molecule has 2 heterocycles. The Morgan fingerprint density at radius 3 is 2.89 bits per heavy atom. The number of nitrogens with zero attached hydrogens (tertiary/aromatic N) is 2. The molecule has 2 rings (SSSR count). The molecule has 0 saturated carbocycles. The lowest BCUT2D eigenvalue weighted by atomic mass is 10.4. The average molecular weight is 259 g/mol. The van der Waals surface area contributed by atoms with E-state index in [9.17, 15) is 9.59 Å². The standard InChI is InChI=1S/C13H13N3O3/c1-19-10-5-4-8-16(13(10)18)9-12(17)15-11-6-2-3-7-14-11/h2-8H,9H2,1H3,(H,14,15,17). The smallest absolute Gasteiger partial charge is 0.293 e. The maximum absolute atomic E-state index is 11.8. The Hall–Kier alpha value is -2.63. The molecule has 0 saturated heterocycles. The van der Waals surface area contributed by atoms with Crippen molar-refractivity contribution in [3.05, 3.63) is 53.1 Å². The SMILES string of the molecule is COc1cccn(CC(=O)Nc2ccccn2)c1=O. The van der Waals surface area contributed by atoms with Gasteiger partial charge in [-0.05, 0) is 24.3 Å². The topological polar surface area (TPSA) is 73.2 Å². The monoisotopic (exact) mass is 259 g/mol. The van der Waals surface area contributed by atoms with Gasteiger partial charge in [0.1, 0.15) is 12.4 Å². The highest BCUT2D eigenvalue weighted by Gasteiger charge is 2.08. The second-order valence-corrected chi connectivity index (χ2v) is 3.77. The van der Waals surface area contributed by atoms with Gasteiger partial charge in [0.2, 0.25) is 5.91 Å². The number of rotatable bonds is 4. The van der Waals surface area contributed by atoms with E-state index < -0.39 is 0 Å². The molecule has 6 heteroatoms. The molecule has 0 aliphatic rings. The second kappa shape index (κ2) is 5.81. The van der Waals surface area contributed by atoms with E-state index in [4.69, 9.17) is 4.74 Å². The summed E-state index contributed by atoms with van der Waals surface area (Å²) in [6.45, 7) is -0.0907. The van der Waals surface area contributed by atoms with E-state index in [1.54, 1.807) is 36.5 Å². The van der Waals surface area contributed by atoms with Gasteiger partial charge in [0.05, 0.1) is 7.11 Å². The van der Waals surface area contributed by atoms with Crippen molar-refractivity contribution in [3.8, 4) is 5.75 Å². The molecule has 6 nitrogen and oxygen atoms in total. The molecule has 0 atom stereocenters. The maximum atomic E-state index is 11.8. The van der Waals surface area contributed by atoms with Crippen molar-refractivity contribution in [2.45, 2.75) is 6.54 Å². The molecule has 2 aromatic heterocycles. The van der Waals surface area contributed by atoms with Crippen LogP contribution in [0.15, 0.2) is 47.5 Å². The first-order valence-corrected chi connectivity index (χ1v) is 5.65. The summed E-state index contributed by atoms with van der Waals surface area (Å²) in [5, 5.41) is 2.60. The molecule has 1 N–H and O–H groups in total. The van der Waals surface area contributed by atoms with Gasteiger partial charge >= 0.3 is 0 Å². The van der Waals surface area contributed by atoms with Crippen molar-refractivity contribution < 1.29 is 9.53 Å². The van der Waals surface area contributed by atoms with Crippen LogP contribution in [0.4, 0.5) is 5.82 Å². The summed E-state index contributed by atoms with van der Waals surface area (Å²) in [5.41, 5.74) is -0.346. The molecule has 0 unspecified atom stereocenters. The third kappa shape index (κ3) is 3.19. The highest BCUT2D eigenvalue weighted by Crippen LogP contribution is 2.02. The Morgan fingerprint density at radius 1 is 1.37 bits per heavy atom. The van der Waals surface area contributed by atoms with Gasteiger partial charge in [-0.15, -0.1) is 0 Å². The summed E-state index contributed by atoms with van der Waals surface area (Å²) in [7, 11) is 1.41. The number of methoxy groups -OCH3 is 1. The fourth-order valence-corrected chi connectivity index (χ4v) is 1.57. The molecule has 0 spiro atoms. The summed E-state index contributed by atoms with van der Waals surface area (Å²) in [6.07, 6.45) is 3.11.